The molecule has 64 heavy (non-hydrogen) atoms. The lowest BCUT2D eigenvalue weighted by Gasteiger charge is -2.53. The molecular weight excluding hydrogens is 775 g/mol. The van der Waals surface area contributed by atoms with Crippen LogP contribution < -0.4 is 68.0 Å². The van der Waals surface area contributed by atoms with Gasteiger partial charge in [0.25, 0.3) is 13.4 Å². The number of hydrogen-bond donors (Lipinski definition) is 0. The van der Waals surface area contributed by atoms with Crippen LogP contribution in [0.2, 0.25) is 0 Å². The van der Waals surface area contributed by atoms with Crippen LogP contribution in [-0.4, -0.2) is 37.0 Å². The van der Waals surface area contributed by atoms with E-state index in [1.165, 1.54) is 16.4 Å². The standard InChI is InChI=1S/C54H51B5N4O/c1-11-23-34(16-6)61-40(27-15-5)33(10)64-54-45(57)51-46(43(55)52(54)61)59-37(26-14-4)32(9)60-41-30-21-19-28-38(41)58-39-29-20-22-31-42(39)62(35(17-7)24-12-2)49-44(56)50(48(59)53(60)47(49)58)63(51)36(18-8)25-13-3/h11-31H,1-10H3/b23-11-,24-12-,25-13-,26-14-,27-15-,34-16+,35-17+,36-18+. The zero-order valence-electron chi connectivity index (χ0n) is 38.7. The Morgan fingerprint density at radius 1 is 0.516 bits per heavy atom. The number of hydrogen-bond acceptors (Lipinski definition) is 5. The molecule has 0 fully saturated rings. The number of para-hydroxylation sites is 2. The second-order valence-corrected chi connectivity index (χ2v) is 16.6. The van der Waals surface area contributed by atoms with Gasteiger partial charge in [0.05, 0.1) is 11.4 Å². The quantitative estimate of drug-likeness (QED) is 0.136. The Morgan fingerprint density at radius 2 is 1.03 bits per heavy atom. The van der Waals surface area contributed by atoms with Crippen molar-refractivity contribution < 1.29 is 4.74 Å². The zero-order chi connectivity index (χ0) is 45.3. The average molecular weight is 826 g/mol. The molecule has 0 aromatic heterocycles. The highest BCUT2D eigenvalue weighted by molar-refractivity contribution is 7.04. The second kappa shape index (κ2) is 16.6. The molecule has 5 aliphatic heterocycles. The second-order valence-electron chi connectivity index (χ2n) is 16.6. The van der Waals surface area contributed by atoms with Gasteiger partial charge < -0.3 is 24.3 Å². The van der Waals surface area contributed by atoms with Crippen molar-refractivity contribution in [1.82, 2.24) is 0 Å². The number of ether oxygens (including phenoxy) is 1. The van der Waals surface area contributed by atoms with E-state index in [0.29, 0.717) is 33.6 Å². The Labute approximate surface area is 385 Å². The molecule has 0 saturated heterocycles. The summed E-state index contributed by atoms with van der Waals surface area (Å²) in [5, 5.41) is 0. The van der Waals surface area contributed by atoms with Crippen molar-refractivity contribution in [2.24, 2.45) is 0 Å². The number of nitrogens with zero attached hydrogens (tertiary/aromatic N) is 4. The largest absolute Gasteiger partial charge is 0.458 e. The molecule has 0 spiro atoms. The maximum Gasteiger partial charge on any atom is 0.252 e. The molecule has 10 heteroatoms. The van der Waals surface area contributed by atoms with Gasteiger partial charge in [-0.15, -0.1) is 0 Å². The Bertz CT molecular complexity index is 3000. The van der Waals surface area contributed by atoms with Crippen LogP contribution in [0.1, 0.15) is 69.2 Å². The van der Waals surface area contributed by atoms with Crippen molar-refractivity contribution in [2.45, 2.75) is 69.2 Å². The van der Waals surface area contributed by atoms with Crippen LogP contribution in [0.5, 0.6) is 5.75 Å². The molecule has 0 bridgehead atoms. The highest BCUT2D eigenvalue weighted by Gasteiger charge is 2.53. The van der Waals surface area contributed by atoms with E-state index in [-0.39, 0.29) is 13.4 Å². The first-order valence-electron chi connectivity index (χ1n) is 22.4. The Morgan fingerprint density at radius 3 is 1.62 bits per heavy atom. The minimum atomic E-state index is -0.365. The molecule has 4 aromatic carbocycles. The minimum Gasteiger partial charge on any atom is -0.458 e. The lowest BCUT2D eigenvalue weighted by molar-refractivity contribution is 0.417. The van der Waals surface area contributed by atoms with Crippen molar-refractivity contribution in [1.29, 1.82) is 0 Å². The molecule has 308 valence electrons. The summed E-state index contributed by atoms with van der Waals surface area (Å²) in [5.41, 5.74) is 20.0. The zero-order valence-corrected chi connectivity index (χ0v) is 38.7. The van der Waals surface area contributed by atoms with Gasteiger partial charge in [-0.05, 0) is 144 Å². The maximum atomic E-state index is 8.05. The molecular formula is C54H51B5N4O. The van der Waals surface area contributed by atoms with Gasteiger partial charge in [0.2, 0.25) is 0 Å². The van der Waals surface area contributed by atoms with Gasteiger partial charge in [-0.25, -0.2) is 0 Å². The van der Waals surface area contributed by atoms with Gasteiger partial charge in [0.1, 0.15) is 35.0 Å². The summed E-state index contributed by atoms with van der Waals surface area (Å²) >= 11 is 0. The van der Waals surface area contributed by atoms with Crippen molar-refractivity contribution in [3.63, 3.8) is 0 Å². The molecule has 0 unspecified atom stereocenters. The molecule has 0 aliphatic carbocycles. The van der Waals surface area contributed by atoms with Crippen LogP contribution in [0.3, 0.4) is 0 Å². The topological polar surface area (TPSA) is 22.2 Å². The molecule has 6 radical (unpaired) electrons. The SMILES string of the molecule is [B]c1c2c(c([B])c3c1N(C(/C=C\C)=C/C)C(/C=C\C)=C(C)O3)N(C(/C=C\C)=C/C)c1c([B])c3c4c5c1B2C(/C=C\C)=C(C)N5c1ccccc1B4c1ccccc1N3C(/C=C\C)=C/C. The van der Waals surface area contributed by atoms with Crippen LogP contribution in [0, 0.1) is 0 Å². The van der Waals surface area contributed by atoms with E-state index in [9.17, 15) is 0 Å². The predicted octanol–water partition coefficient (Wildman–Crippen LogP) is 7.40. The molecule has 5 nitrogen and oxygen atoms in total. The van der Waals surface area contributed by atoms with Crippen molar-refractivity contribution in [3.05, 3.63) is 167 Å². The van der Waals surface area contributed by atoms with Crippen molar-refractivity contribution in [3.8, 4) is 5.75 Å². The fourth-order valence-corrected chi connectivity index (χ4v) is 10.9. The summed E-state index contributed by atoms with van der Waals surface area (Å²) in [4.78, 5) is 9.33. The Kier molecular flexibility index (Phi) is 11.1. The Hall–Kier alpha value is -6.40. The van der Waals surface area contributed by atoms with E-state index in [0.717, 1.165) is 79.0 Å². The van der Waals surface area contributed by atoms with Gasteiger partial charge >= 0.3 is 0 Å². The fourth-order valence-electron chi connectivity index (χ4n) is 10.9. The summed E-state index contributed by atoms with van der Waals surface area (Å²) in [6.07, 6.45) is 27.5. The third kappa shape index (κ3) is 5.83. The number of allylic oxidation sites excluding steroid dienone is 16. The molecule has 0 N–H and O–H groups in total. The summed E-state index contributed by atoms with van der Waals surface area (Å²) in [5.74, 6) is 1.22. The van der Waals surface area contributed by atoms with Gasteiger partial charge in [-0.3, -0.25) is 0 Å². The van der Waals surface area contributed by atoms with E-state index >= 15 is 0 Å². The van der Waals surface area contributed by atoms with Crippen LogP contribution in [-0.2, 0) is 0 Å². The summed E-state index contributed by atoms with van der Waals surface area (Å²) in [6, 6.07) is 17.7. The van der Waals surface area contributed by atoms with Crippen molar-refractivity contribution in [2.75, 3.05) is 19.6 Å². The van der Waals surface area contributed by atoms with E-state index in [2.05, 4.69) is 170 Å². The first-order valence-corrected chi connectivity index (χ1v) is 22.4. The highest BCUT2D eigenvalue weighted by atomic mass is 16.5. The third-order valence-corrected chi connectivity index (χ3v) is 13.3. The Balaban J connectivity index is 1.54. The predicted molar refractivity (Wildman–Crippen MR) is 282 cm³/mol. The third-order valence-electron chi connectivity index (χ3n) is 13.3. The molecule has 4 aromatic rings. The number of fused-ring (bicyclic) bond motifs is 8. The summed E-state index contributed by atoms with van der Waals surface area (Å²) < 4.78 is 6.90. The van der Waals surface area contributed by atoms with E-state index < -0.39 is 0 Å². The first-order chi connectivity index (χ1) is 31.1. The maximum absolute atomic E-state index is 8.05. The van der Waals surface area contributed by atoms with E-state index in [1.807, 2.05) is 46.8 Å². The fraction of sp³-hybridized carbons (Fsp3) is 0.185. The minimum absolute atomic E-state index is 0.103. The molecule has 0 atom stereocenters. The number of rotatable bonds is 8. The van der Waals surface area contributed by atoms with Crippen molar-refractivity contribution >= 4 is 120 Å². The van der Waals surface area contributed by atoms with Gasteiger partial charge in [-0.1, -0.05) is 102 Å². The van der Waals surface area contributed by atoms with Crippen LogP contribution in [0.25, 0.3) is 0 Å². The van der Waals surface area contributed by atoms with Crippen LogP contribution in [0.4, 0.5) is 39.8 Å². The lowest BCUT2D eigenvalue weighted by atomic mass is 9.27. The molecule has 5 heterocycles. The van der Waals surface area contributed by atoms with Gasteiger partial charge in [0.15, 0.2) is 0 Å². The smallest absolute Gasteiger partial charge is 0.252 e. The van der Waals surface area contributed by atoms with Gasteiger partial charge in [0, 0.05) is 56.9 Å². The normalized spacial score (nSPS) is 16.9. The summed E-state index contributed by atoms with van der Waals surface area (Å²) in [6.45, 7) is 20.2. The number of anilines is 7. The van der Waals surface area contributed by atoms with E-state index in [1.54, 1.807) is 0 Å². The van der Waals surface area contributed by atoms with Gasteiger partial charge in [-0.2, -0.15) is 0 Å². The number of benzene rings is 4. The van der Waals surface area contributed by atoms with Crippen LogP contribution >= 0.6 is 0 Å². The molecule has 0 saturated carbocycles. The molecule has 0 amide bonds. The molecule has 9 rings (SSSR count). The summed E-state index contributed by atoms with van der Waals surface area (Å²) in [7, 11) is 23.7. The average Bonchev–Trinajstić information content (AvgIpc) is 3.30. The first kappa shape index (κ1) is 42.9. The lowest BCUT2D eigenvalue weighted by Crippen LogP contribution is -2.70. The highest BCUT2D eigenvalue weighted by Crippen LogP contribution is 2.49. The monoisotopic (exact) mass is 826 g/mol. The molecule has 5 aliphatic rings. The van der Waals surface area contributed by atoms with Crippen LogP contribution in [0.15, 0.2) is 167 Å². The van der Waals surface area contributed by atoms with E-state index in [4.69, 9.17) is 28.3 Å².